The van der Waals surface area contributed by atoms with Crippen LogP contribution < -0.4 is 19.1 Å². The van der Waals surface area contributed by atoms with E-state index in [1.807, 2.05) is 0 Å². The van der Waals surface area contributed by atoms with Gasteiger partial charge in [-0.15, -0.1) is 0 Å². The molecule has 0 radical (unpaired) electrons. The van der Waals surface area contributed by atoms with Gasteiger partial charge < -0.3 is 14.8 Å². The number of amides is 1. The molecule has 0 fully saturated rings. The van der Waals surface area contributed by atoms with Gasteiger partial charge in [-0.3, -0.25) is 14.1 Å². The SMILES string of the molecule is COc1ccc(OC)c(N(CC(=O)Nc2ccncc2)S(=O)(=O)c2ccccc2)c1. The predicted molar refractivity (Wildman–Crippen MR) is 113 cm³/mol. The van der Waals surface area contributed by atoms with E-state index in [9.17, 15) is 13.2 Å². The Kier molecular flexibility index (Phi) is 6.53. The summed E-state index contributed by atoms with van der Waals surface area (Å²) in [6.45, 7) is -0.469. The molecule has 0 saturated heterocycles. The Morgan fingerprint density at radius 3 is 2.33 bits per heavy atom. The Hall–Kier alpha value is -3.59. The first-order chi connectivity index (χ1) is 14.5. The number of carbonyl (C=O) groups excluding carboxylic acids is 1. The highest BCUT2D eigenvalue weighted by Crippen LogP contribution is 2.35. The summed E-state index contributed by atoms with van der Waals surface area (Å²) in [5.41, 5.74) is 0.690. The van der Waals surface area contributed by atoms with E-state index < -0.39 is 22.5 Å². The van der Waals surface area contributed by atoms with Crippen molar-refractivity contribution in [1.82, 2.24) is 4.98 Å². The van der Waals surface area contributed by atoms with Crippen molar-refractivity contribution in [3.8, 4) is 11.5 Å². The van der Waals surface area contributed by atoms with Gasteiger partial charge in [0.15, 0.2) is 0 Å². The maximum atomic E-state index is 13.4. The number of benzene rings is 2. The lowest BCUT2D eigenvalue weighted by molar-refractivity contribution is -0.114. The van der Waals surface area contributed by atoms with Crippen molar-refractivity contribution in [2.75, 3.05) is 30.4 Å². The molecule has 0 bridgehead atoms. The van der Waals surface area contributed by atoms with E-state index >= 15 is 0 Å². The lowest BCUT2D eigenvalue weighted by Crippen LogP contribution is -2.38. The molecule has 0 atom stereocenters. The molecule has 30 heavy (non-hydrogen) atoms. The molecule has 0 aliphatic carbocycles. The number of carbonyl (C=O) groups is 1. The molecule has 1 heterocycles. The first kappa shape index (κ1) is 21.1. The summed E-state index contributed by atoms with van der Waals surface area (Å²) in [7, 11) is -1.18. The molecule has 0 aliphatic heterocycles. The van der Waals surface area contributed by atoms with Gasteiger partial charge >= 0.3 is 0 Å². The fourth-order valence-electron chi connectivity index (χ4n) is 2.78. The molecule has 8 nitrogen and oxygen atoms in total. The number of anilines is 2. The molecule has 3 rings (SSSR count). The summed E-state index contributed by atoms with van der Waals surface area (Å²) in [6.07, 6.45) is 3.05. The molecule has 1 amide bonds. The lowest BCUT2D eigenvalue weighted by atomic mass is 10.2. The molecule has 156 valence electrons. The van der Waals surface area contributed by atoms with E-state index in [4.69, 9.17) is 9.47 Å². The maximum absolute atomic E-state index is 13.4. The number of nitrogens with one attached hydrogen (secondary N) is 1. The van der Waals surface area contributed by atoms with Gasteiger partial charge in [0.25, 0.3) is 10.0 Å². The summed E-state index contributed by atoms with van der Waals surface area (Å²) >= 11 is 0. The highest BCUT2D eigenvalue weighted by atomic mass is 32.2. The van der Waals surface area contributed by atoms with Crippen LogP contribution in [-0.4, -0.2) is 40.1 Å². The Morgan fingerprint density at radius 2 is 1.70 bits per heavy atom. The third kappa shape index (κ3) is 4.69. The molecule has 1 aromatic heterocycles. The van der Waals surface area contributed by atoms with Crippen molar-refractivity contribution < 1.29 is 22.7 Å². The van der Waals surface area contributed by atoms with E-state index in [0.29, 0.717) is 11.4 Å². The fourth-order valence-corrected chi connectivity index (χ4v) is 4.22. The molecule has 9 heteroatoms. The molecular weight excluding hydrogens is 406 g/mol. The predicted octanol–water partition coefficient (Wildman–Crippen LogP) is 2.93. The first-order valence-electron chi connectivity index (χ1n) is 8.95. The van der Waals surface area contributed by atoms with Crippen LogP contribution >= 0.6 is 0 Å². The second kappa shape index (κ2) is 9.27. The maximum Gasteiger partial charge on any atom is 0.264 e. The number of hydrogen-bond donors (Lipinski definition) is 1. The Morgan fingerprint density at radius 1 is 1.00 bits per heavy atom. The van der Waals surface area contributed by atoms with Crippen molar-refractivity contribution in [2.45, 2.75) is 4.90 Å². The zero-order valence-electron chi connectivity index (χ0n) is 16.5. The third-order valence-electron chi connectivity index (χ3n) is 4.24. The van der Waals surface area contributed by atoms with Crippen LogP contribution in [0.25, 0.3) is 0 Å². The van der Waals surface area contributed by atoms with Gasteiger partial charge in [0.1, 0.15) is 18.0 Å². The van der Waals surface area contributed by atoms with Crippen molar-refractivity contribution in [2.24, 2.45) is 0 Å². The number of sulfonamides is 1. The van der Waals surface area contributed by atoms with Gasteiger partial charge in [-0.2, -0.15) is 0 Å². The Bertz CT molecular complexity index is 1110. The molecule has 0 saturated carbocycles. The zero-order chi connectivity index (χ0) is 21.6. The van der Waals surface area contributed by atoms with Crippen LogP contribution in [0, 0.1) is 0 Å². The molecule has 0 unspecified atom stereocenters. The third-order valence-corrected chi connectivity index (χ3v) is 6.01. The minimum absolute atomic E-state index is 0.0478. The molecular formula is C21H21N3O5S. The fraction of sp³-hybridized carbons (Fsp3) is 0.143. The number of hydrogen-bond acceptors (Lipinski definition) is 6. The van der Waals surface area contributed by atoms with E-state index in [2.05, 4.69) is 10.3 Å². The smallest absolute Gasteiger partial charge is 0.264 e. The van der Waals surface area contributed by atoms with Gasteiger partial charge in [-0.05, 0) is 36.4 Å². The van der Waals surface area contributed by atoms with Crippen LogP contribution in [0.3, 0.4) is 0 Å². The minimum atomic E-state index is -4.07. The lowest BCUT2D eigenvalue weighted by Gasteiger charge is -2.26. The number of ether oxygens (including phenoxy) is 2. The van der Waals surface area contributed by atoms with Crippen molar-refractivity contribution in [3.63, 3.8) is 0 Å². The average Bonchev–Trinajstić information content (AvgIpc) is 2.78. The Balaban J connectivity index is 2.04. The molecule has 0 aliphatic rings. The van der Waals surface area contributed by atoms with Crippen molar-refractivity contribution in [1.29, 1.82) is 0 Å². The summed E-state index contributed by atoms with van der Waals surface area (Å²) in [5.74, 6) is 0.186. The molecule has 3 aromatic rings. The zero-order valence-corrected chi connectivity index (χ0v) is 17.3. The highest BCUT2D eigenvalue weighted by Gasteiger charge is 2.29. The molecule has 2 aromatic carbocycles. The standard InChI is InChI=1S/C21H21N3O5S/c1-28-17-8-9-20(29-2)19(14-17)24(30(26,27)18-6-4-3-5-7-18)15-21(25)23-16-10-12-22-13-11-16/h3-14H,15H2,1-2H3,(H,22,23,25). The average molecular weight is 427 g/mol. The molecule has 1 N–H and O–H groups in total. The number of nitrogens with zero attached hydrogens (tertiary/aromatic N) is 2. The van der Waals surface area contributed by atoms with Gasteiger partial charge in [-0.1, -0.05) is 18.2 Å². The van der Waals surface area contributed by atoms with Gasteiger partial charge in [-0.25, -0.2) is 8.42 Å². The summed E-state index contributed by atoms with van der Waals surface area (Å²) in [5, 5.41) is 2.67. The normalized spacial score (nSPS) is 10.9. The van der Waals surface area contributed by atoms with Crippen LogP contribution in [0.15, 0.2) is 78.0 Å². The van der Waals surface area contributed by atoms with Crippen LogP contribution in [-0.2, 0) is 14.8 Å². The second-order valence-corrected chi connectivity index (χ2v) is 8.01. The van der Waals surface area contributed by atoms with Crippen molar-refractivity contribution >= 4 is 27.3 Å². The number of methoxy groups -OCH3 is 2. The summed E-state index contributed by atoms with van der Waals surface area (Å²) in [6, 6.07) is 15.8. The largest absolute Gasteiger partial charge is 0.497 e. The summed E-state index contributed by atoms with van der Waals surface area (Å²) < 4.78 is 38.5. The van der Waals surface area contributed by atoms with E-state index in [-0.39, 0.29) is 16.3 Å². The van der Waals surface area contributed by atoms with Crippen LogP contribution in [0.1, 0.15) is 0 Å². The van der Waals surface area contributed by atoms with Gasteiger partial charge in [0.05, 0.1) is 24.8 Å². The highest BCUT2D eigenvalue weighted by molar-refractivity contribution is 7.92. The number of rotatable bonds is 8. The monoisotopic (exact) mass is 427 g/mol. The van der Waals surface area contributed by atoms with E-state index in [1.54, 1.807) is 42.5 Å². The minimum Gasteiger partial charge on any atom is -0.497 e. The van der Waals surface area contributed by atoms with Crippen LogP contribution in [0.4, 0.5) is 11.4 Å². The molecule has 0 spiro atoms. The van der Waals surface area contributed by atoms with E-state index in [0.717, 1.165) is 4.31 Å². The quantitative estimate of drug-likeness (QED) is 0.594. The Labute approximate surface area is 175 Å². The van der Waals surface area contributed by atoms with Crippen molar-refractivity contribution in [3.05, 3.63) is 73.1 Å². The van der Waals surface area contributed by atoms with Crippen LogP contribution in [0.5, 0.6) is 11.5 Å². The van der Waals surface area contributed by atoms with Gasteiger partial charge in [0, 0.05) is 24.1 Å². The summed E-state index contributed by atoms with van der Waals surface area (Å²) in [4.78, 5) is 16.7. The first-order valence-corrected chi connectivity index (χ1v) is 10.4. The topological polar surface area (TPSA) is 97.8 Å². The van der Waals surface area contributed by atoms with Crippen LogP contribution in [0.2, 0.25) is 0 Å². The number of aromatic nitrogens is 1. The van der Waals surface area contributed by atoms with Gasteiger partial charge in [0.2, 0.25) is 5.91 Å². The van der Waals surface area contributed by atoms with E-state index in [1.165, 1.54) is 44.8 Å². The second-order valence-electron chi connectivity index (χ2n) is 6.15. The number of pyridine rings is 1.